The summed E-state index contributed by atoms with van der Waals surface area (Å²) >= 11 is 1.72. The molecule has 0 saturated carbocycles. The summed E-state index contributed by atoms with van der Waals surface area (Å²) in [4.78, 5) is 11.9. The molecule has 0 spiro atoms. The zero-order valence-corrected chi connectivity index (χ0v) is 10.1. The van der Waals surface area contributed by atoms with Crippen LogP contribution in [0.1, 0.15) is 29.8 Å². The molecule has 82 valence electrons. The number of carboxylic acid groups (broad SMARTS) is 1. The van der Waals surface area contributed by atoms with Crippen LogP contribution >= 0.6 is 11.8 Å². The van der Waals surface area contributed by atoms with Gasteiger partial charge in [-0.2, -0.15) is 0 Å². The minimum Gasteiger partial charge on any atom is -0.478 e. The van der Waals surface area contributed by atoms with Crippen molar-refractivity contribution in [2.45, 2.75) is 25.7 Å². The Balaban J connectivity index is 2.85. The highest BCUT2D eigenvalue weighted by atomic mass is 32.2. The van der Waals surface area contributed by atoms with Crippen molar-refractivity contribution < 1.29 is 9.90 Å². The SMILES string of the molecule is Cc1ccc(C(=O)O)cc1SCC(C)C. The second kappa shape index (κ2) is 5.21. The van der Waals surface area contributed by atoms with E-state index >= 15 is 0 Å². The minimum atomic E-state index is -0.860. The summed E-state index contributed by atoms with van der Waals surface area (Å²) < 4.78 is 0. The van der Waals surface area contributed by atoms with Gasteiger partial charge >= 0.3 is 5.97 Å². The Kier molecular flexibility index (Phi) is 4.21. The molecule has 0 heterocycles. The lowest BCUT2D eigenvalue weighted by Crippen LogP contribution is -1.98. The van der Waals surface area contributed by atoms with Crippen LogP contribution in [-0.2, 0) is 0 Å². The van der Waals surface area contributed by atoms with E-state index in [2.05, 4.69) is 13.8 Å². The first kappa shape index (κ1) is 12.1. The molecule has 0 fully saturated rings. The molecule has 1 aromatic rings. The number of carbonyl (C=O) groups is 1. The van der Waals surface area contributed by atoms with Crippen LogP contribution in [0, 0.1) is 12.8 Å². The molecule has 0 aliphatic carbocycles. The van der Waals surface area contributed by atoms with Crippen LogP contribution < -0.4 is 0 Å². The molecule has 0 saturated heterocycles. The van der Waals surface area contributed by atoms with Crippen LogP contribution in [-0.4, -0.2) is 16.8 Å². The summed E-state index contributed by atoms with van der Waals surface area (Å²) in [6.45, 7) is 6.32. The summed E-state index contributed by atoms with van der Waals surface area (Å²) in [6, 6.07) is 5.27. The number of aryl methyl sites for hydroxylation is 1. The van der Waals surface area contributed by atoms with Crippen molar-refractivity contribution in [2.24, 2.45) is 5.92 Å². The normalized spacial score (nSPS) is 10.7. The maximum absolute atomic E-state index is 10.8. The van der Waals surface area contributed by atoms with Crippen LogP contribution in [0.15, 0.2) is 23.1 Å². The van der Waals surface area contributed by atoms with Crippen molar-refractivity contribution in [3.63, 3.8) is 0 Å². The van der Waals surface area contributed by atoms with E-state index < -0.39 is 5.97 Å². The van der Waals surface area contributed by atoms with Gasteiger partial charge < -0.3 is 5.11 Å². The van der Waals surface area contributed by atoms with E-state index in [-0.39, 0.29) is 0 Å². The molecule has 0 amide bonds. The van der Waals surface area contributed by atoms with E-state index in [0.29, 0.717) is 11.5 Å². The van der Waals surface area contributed by atoms with Gasteiger partial charge in [-0.1, -0.05) is 19.9 Å². The lowest BCUT2D eigenvalue weighted by Gasteiger charge is -2.08. The molecule has 0 bridgehead atoms. The molecule has 1 rings (SSSR count). The van der Waals surface area contributed by atoms with Crippen LogP contribution in [0.3, 0.4) is 0 Å². The number of aromatic carboxylic acids is 1. The Morgan fingerprint density at radius 2 is 2.13 bits per heavy atom. The summed E-state index contributed by atoms with van der Waals surface area (Å²) in [6.07, 6.45) is 0. The predicted molar refractivity (Wildman–Crippen MR) is 63.7 cm³/mol. The second-order valence-corrected chi connectivity index (χ2v) is 5.05. The van der Waals surface area contributed by atoms with Gasteiger partial charge in [-0.15, -0.1) is 11.8 Å². The Morgan fingerprint density at radius 1 is 1.47 bits per heavy atom. The van der Waals surface area contributed by atoms with E-state index in [1.54, 1.807) is 23.9 Å². The maximum Gasteiger partial charge on any atom is 0.335 e. The van der Waals surface area contributed by atoms with Crippen molar-refractivity contribution in [2.75, 3.05) is 5.75 Å². The molecule has 0 aliphatic heterocycles. The van der Waals surface area contributed by atoms with Crippen molar-refractivity contribution in [1.29, 1.82) is 0 Å². The lowest BCUT2D eigenvalue weighted by atomic mass is 10.1. The highest BCUT2D eigenvalue weighted by Gasteiger charge is 2.07. The third-order valence-electron chi connectivity index (χ3n) is 2.01. The molecule has 2 nitrogen and oxygen atoms in total. The van der Waals surface area contributed by atoms with E-state index in [9.17, 15) is 4.79 Å². The molecule has 0 unspecified atom stereocenters. The molecule has 1 aromatic carbocycles. The second-order valence-electron chi connectivity index (χ2n) is 3.99. The summed E-state index contributed by atoms with van der Waals surface area (Å²) in [5.41, 5.74) is 1.51. The number of carboxylic acids is 1. The monoisotopic (exact) mass is 224 g/mol. The van der Waals surface area contributed by atoms with Gasteiger partial charge in [-0.05, 0) is 30.5 Å². The maximum atomic E-state index is 10.8. The Hall–Kier alpha value is -0.960. The highest BCUT2D eigenvalue weighted by Crippen LogP contribution is 2.25. The predicted octanol–water partition coefficient (Wildman–Crippen LogP) is 3.44. The van der Waals surface area contributed by atoms with E-state index in [4.69, 9.17) is 5.11 Å². The van der Waals surface area contributed by atoms with Gasteiger partial charge in [0.1, 0.15) is 0 Å². The number of thioether (sulfide) groups is 1. The number of hydrogen-bond acceptors (Lipinski definition) is 2. The number of rotatable bonds is 4. The summed E-state index contributed by atoms with van der Waals surface area (Å²) in [5.74, 6) is 0.772. The fraction of sp³-hybridized carbons (Fsp3) is 0.417. The fourth-order valence-corrected chi connectivity index (χ4v) is 2.16. The fourth-order valence-electron chi connectivity index (χ4n) is 1.15. The van der Waals surface area contributed by atoms with Gasteiger partial charge in [-0.3, -0.25) is 0 Å². The van der Waals surface area contributed by atoms with Gasteiger partial charge in [0, 0.05) is 10.6 Å². The molecule has 0 aliphatic rings. The van der Waals surface area contributed by atoms with Crippen molar-refractivity contribution >= 4 is 17.7 Å². The Labute approximate surface area is 94.7 Å². The minimum absolute atomic E-state index is 0.367. The molecular weight excluding hydrogens is 208 g/mol. The van der Waals surface area contributed by atoms with Crippen molar-refractivity contribution in [3.05, 3.63) is 29.3 Å². The molecule has 1 N–H and O–H groups in total. The summed E-state index contributed by atoms with van der Waals surface area (Å²) in [5, 5.41) is 8.87. The first-order valence-corrected chi connectivity index (χ1v) is 5.96. The zero-order chi connectivity index (χ0) is 11.4. The quantitative estimate of drug-likeness (QED) is 0.796. The molecule has 0 aromatic heterocycles. The third-order valence-corrected chi connectivity index (χ3v) is 3.59. The Bertz CT molecular complexity index is 359. The van der Waals surface area contributed by atoms with Gasteiger partial charge in [0.05, 0.1) is 5.56 Å². The van der Waals surface area contributed by atoms with Crippen LogP contribution in [0.4, 0.5) is 0 Å². The highest BCUT2D eigenvalue weighted by molar-refractivity contribution is 7.99. The van der Waals surface area contributed by atoms with E-state index in [0.717, 1.165) is 16.2 Å². The molecule has 0 atom stereocenters. The lowest BCUT2D eigenvalue weighted by molar-refractivity contribution is 0.0696. The largest absolute Gasteiger partial charge is 0.478 e. The number of benzene rings is 1. The number of hydrogen-bond donors (Lipinski definition) is 1. The van der Waals surface area contributed by atoms with Crippen LogP contribution in [0.25, 0.3) is 0 Å². The van der Waals surface area contributed by atoms with Gasteiger partial charge in [0.2, 0.25) is 0 Å². The van der Waals surface area contributed by atoms with Gasteiger partial charge in [-0.25, -0.2) is 4.79 Å². The molecule has 15 heavy (non-hydrogen) atoms. The average Bonchev–Trinajstić information content (AvgIpc) is 2.16. The topological polar surface area (TPSA) is 37.3 Å². The first-order chi connectivity index (χ1) is 7.00. The van der Waals surface area contributed by atoms with Crippen molar-refractivity contribution in [1.82, 2.24) is 0 Å². The van der Waals surface area contributed by atoms with Gasteiger partial charge in [0.15, 0.2) is 0 Å². The smallest absolute Gasteiger partial charge is 0.335 e. The standard InChI is InChI=1S/C12H16O2S/c1-8(2)7-15-11-6-10(12(13)14)5-4-9(11)3/h4-6,8H,7H2,1-3H3,(H,13,14). The Morgan fingerprint density at radius 3 is 2.67 bits per heavy atom. The molecule has 0 radical (unpaired) electrons. The third kappa shape index (κ3) is 3.59. The molecular formula is C12H16O2S. The van der Waals surface area contributed by atoms with E-state index in [1.165, 1.54) is 0 Å². The van der Waals surface area contributed by atoms with Crippen LogP contribution in [0.5, 0.6) is 0 Å². The van der Waals surface area contributed by atoms with Crippen molar-refractivity contribution in [3.8, 4) is 0 Å². The zero-order valence-electron chi connectivity index (χ0n) is 9.28. The van der Waals surface area contributed by atoms with Gasteiger partial charge in [0.25, 0.3) is 0 Å². The summed E-state index contributed by atoms with van der Waals surface area (Å²) in [7, 11) is 0. The average molecular weight is 224 g/mol. The first-order valence-electron chi connectivity index (χ1n) is 4.97. The molecule has 3 heteroatoms. The van der Waals surface area contributed by atoms with Crippen LogP contribution in [0.2, 0.25) is 0 Å². The van der Waals surface area contributed by atoms with E-state index in [1.807, 2.05) is 13.0 Å².